The van der Waals surface area contributed by atoms with Gasteiger partial charge in [0, 0.05) is 23.8 Å². The van der Waals surface area contributed by atoms with Crippen LogP contribution in [-0.4, -0.2) is 42.8 Å². The van der Waals surface area contributed by atoms with Crippen LogP contribution in [0.25, 0.3) is 0 Å². The Morgan fingerprint density at radius 3 is 2.61 bits per heavy atom. The SMILES string of the molecule is COc1cccnc1NC(=O)c1cccc(S(=O)(=O)N2C3CCCC2CC3)c1. The van der Waals surface area contributed by atoms with Gasteiger partial charge in [-0.15, -0.1) is 0 Å². The van der Waals surface area contributed by atoms with Crippen molar-refractivity contribution in [1.82, 2.24) is 9.29 Å². The minimum absolute atomic E-state index is 0.0824. The number of pyridine rings is 1. The molecule has 1 N–H and O–H groups in total. The maximum Gasteiger partial charge on any atom is 0.256 e. The first-order valence-electron chi connectivity index (χ1n) is 9.44. The van der Waals surface area contributed by atoms with Crippen LogP contribution in [0.5, 0.6) is 5.75 Å². The van der Waals surface area contributed by atoms with E-state index in [1.165, 1.54) is 13.2 Å². The Labute approximate surface area is 164 Å². The van der Waals surface area contributed by atoms with Crippen molar-refractivity contribution in [3.8, 4) is 5.75 Å². The predicted octanol–water partition coefficient (Wildman–Crippen LogP) is 3.05. The van der Waals surface area contributed by atoms with E-state index >= 15 is 0 Å². The zero-order chi connectivity index (χ0) is 19.7. The first-order valence-corrected chi connectivity index (χ1v) is 10.9. The highest BCUT2D eigenvalue weighted by atomic mass is 32.2. The predicted molar refractivity (Wildman–Crippen MR) is 105 cm³/mol. The number of rotatable bonds is 5. The molecule has 2 saturated heterocycles. The molecule has 2 unspecified atom stereocenters. The summed E-state index contributed by atoms with van der Waals surface area (Å²) in [6, 6.07) is 9.75. The highest BCUT2D eigenvalue weighted by Crippen LogP contribution is 2.39. The van der Waals surface area contributed by atoms with E-state index in [2.05, 4.69) is 10.3 Å². The molecule has 2 aliphatic heterocycles. The van der Waals surface area contributed by atoms with Gasteiger partial charge in [0.1, 0.15) is 0 Å². The summed E-state index contributed by atoms with van der Waals surface area (Å²) < 4.78 is 33.4. The molecule has 2 aromatic rings. The van der Waals surface area contributed by atoms with Gasteiger partial charge in [-0.1, -0.05) is 12.5 Å². The lowest BCUT2D eigenvalue weighted by molar-refractivity contribution is 0.102. The van der Waals surface area contributed by atoms with Crippen LogP contribution in [0.4, 0.5) is 5.82 Å². The van der Waals surface area contributed by atoms with Crippen molar-refractivity contribution in [2.45, 2.75) is 49.1 Å². The molecule has 0 saturated carbocycles. The summed E-state index contributed by atoms with van der Waals surface area (Å²) in [6.45, 7) is 0. The molecule has 8 heteroatoms. The average molecular weight is 401 g/mol. The number of nitrogens with one attached hydrogen (secondary N) is 1. The quantitative estimate of drug-likeness (QED) is 0.832. The Hall–Kier alpha value is -2.45. The largest absolute Gasteiger partial charge is 0.493 e. The molecule has 28 heavy (non-hydrogen) atoms. The van der Waals surface area contributed by atoms with Crippen LogP contribution in [-0.2, 0) is 10.0 Å². The molecule has 0 radical (unpaired) electrons. The lowest BCUT2D eigenvalue weighted by Crippen LogP contribution is -2.43. The Kier molecular flexibility index (Phi) is 5.07. The third-order valence-corrected chi connectivity index (χ3v) is 7.52. The number of ether oxygens (including phenoxy) is 1. The second kappa shape index (κ2) is 7.52. The average Bonchev–Trinajstić information content (AvgIpc) is 2.99. The fourth-order valence-electron chi connectivity index (χ4n) is 4.21. The van der Waals surface area contributed by atoms with Crippen molar-refractivity contribution in [2.75, 3.05) is 12.4 Å². The fourth-order valence-corrected chi connectivity index (χ4v) is 6.19. The number of hydrogen-bond acceptors (Lipinski definition) is 5. The smallest absolute Gasteiger partial charge is 0.256 e. The molecule has 3 heterocycles. The van der Waals surface area contributed by atoms with Gasteiger partial charge >= 0.3 is 0 Å². The van der Waals surface area contributed by atoms with Crippen molar-refractivity contribution in [2.24, 2.45) is 0 Å². The number of sulfonamides is 1. The topological polar surface area (TPSA) is 88.6 Å². The molecule has 2 fully saturated rings. The number of fused-ring (bicyclic) bond motifs is 2. The van der Waals surface area contributed by atoms with Crippen molar-refractivity contribution in [3.05, 3.63) is 48.2 Å². The van der Waals surface area contributed by atoms with E-state index in [4.69, 9.17) is 4.74 Å². The highest BCUT2D eigenvalue weighted by molar-refractivity contribution is 7.89. The third kappa shape index (κ3) is 3.38. The first kappa shape index (κ1) is 18.9. The molecule has 1 aromatic carbocycles. The fraction of sp³-hybridized carbons (Fsp3) is 0.400. The number of carbonyl (C=O) groups excluding carboxylic acids is 1. The monoisotopic (exact) mass is 401 g/mol. The number of anilines is 1. The Morgan fingerprint density at radius 2 is 1.89 bits per heavy atom. The molecule has 1 amide bonds. The Bertz CT molecular complexity index is 976. The normalized spacial score (nSPS) is 22.0. The molecule has 0 aliphatic carbocycles. The van der Waals surface area contributed by atoms with Crippen molar-refractivity contribution in [1.29, 1.82) is 0 Å². The molecule has 4 rings (SSSR count). The number of benzene rings is 1. The van der Waals surface area contributed by atoms with Gasteiger partial charge < -0.3 is 10.1 Å². The summed E-state index contributed by atoms with van der Waals surface area (Å²) in [6.07, 6.45) is 6.29. The summed E-state index contributed by atoms with van der Waals surface area (Å²) in [7, 11) is -2.13. The number of hydrogen-bond donors (Lipinski definition) is 1. The second-order valence-electron chi connectivity index (χ2n) is 7.19. The van der Waals surface area contributed by atoms with Crippen LogP contribution in [0.15, 0.2) is 47.5 Å². The number of methoxy groups -OCH3 is 1. The molecule has 2 bridgehead atoms. The highest BCUT2D eigenvalue weighted by Gasteiger charge is 2.44. The summed E-state index contributed by atoms with van der Waals surface area (Å²) in [4.78, 5) is 16.9. The summed E-state index contributed by atoms with van der Waals surface area (Å²) in [5, 5.41) is 2.68. The number of amides is 1. The second-order valence-corrected chi connectivity index (χ2v) is 9.03. The summed E-state index contributed by atoms with van der Waals surface area (Å²) >= 11 is 0. The number of nitrogens with zero attached hydrogens (tertiary/aromatic N) is 2. The molecule has 2 atom stereocenters. The van der Waals surface area contributed by atoms with Crippen molar-refractivity contribution < 1.29 is 17.9 Å². The van der Waals surface area contributed by atoms with E-state index in [0.29, 0.717) is 5.75 Å². The van der Waals surface area contributed by atoms with Gasteiger partial charge in [0.25, 0.3) is 5.91 Å². The lowest BCUT2D eigenvalue weighted by atomic mass is 10.1. The Morgan fingerprint density at radius 1 is 1.14 bits per heavy atom. The van der Waals surface area contributed by atoms with Crippen LogP contribution >= 0.6 is 0 Å². The number of aromatic nitrogens is 1. The number of piperidine rings is 1. The van der Waals surface area contributed by atoms with Gasteiger partial charge in [-0.3, -0.25) is 4.79 Å². The number of carbonyl (C=O) groups is 1. The molecule has 7 nitrogen and oxygen atoms in total. The summed E-state index contributed by atoms with van der Waals surface area (Å²) in [5.74, 6) is 0.289. The van der Waals surface area contributed by atoms with Crippen LogP contribution in [0.3, 0.4) is 0 Å². The molecule has 1 aromatic heterocycles. The van der Waals surface area contributed by atoms with E-state index in [9.17, 15) is 13.2 Å². The zero-order valence-corrected chi connectivity index (χ0v) is 16.5. The van der Waals surface area contributed by atoms with Crippen molar-refractivity contribution >= 4 is 21.7 Å². The van der Waals surface area contributed by atoms with E-state index < -0.39 is 15.9 Å². The molecule has 0 spiro atoms. The van der Waals surface area contributed by atoms with Gasteiger partial charge in [-0.25, -0.2) is 13.4 Å². The first-order chi connectivity index (χ1) is 13.5. The molecule has 148 valence electrons. The molecular weight excluding hydrogens is 378 g/mol. The van der Waals surface area contributed by atoms with Crippen LogP contribution in [0.1, 0.15) is 42.5 Å². The van der Waals surface area contributed by atoms with Gasteiger partial charge in [-0.2, -0.15) is 4.31 Å². The van der Waals surface area contributed by atoms with Crippen LogP contribution in [0.2, 0.25) is 0 Å². The minimum Gasteiger partial charge on any atom is -0.493 e. The molecular formula is C20H23N3O4S. The lowest BCUT2D eigenvalue weighted by Gasteiger charge is -2.33. The van der Waals surface area contributed by atoms with E-state index in [0.717, 1.165) is 32.1 Å². The minimum atomic E-state index is -3.63. The van der Waals surface area contributed by atoms with Gasteiger partial charge in [0.05, 0.1) is 12.0 Å². The maximum absolute atomic E-state index is 13.2. The third-order valence-electron chi connectivity index (χ3n) is 5.52. The van der Waals surface area contributed by atoms with E-state index in [1.54, 1.807) is 40.8 Å². The summed E-state index contributed by atoms with van der Waals surface area (Å²) in [5.41, 5.74) is 0.262. The van der Waals surface area contributed by atoms with E-state index in [-0.39, 0.29) is 28.4 Å². The standard InChI is InChI=1S/C20H23N3O4S/c1-27-18-9-4-12-21-19(18)22-20(24)14-5-2-8-17(13-14)28(25,26)23-15-6-3-7-16(23)11-10-15/h2,4-5,8-9,12-13,15-16H,3,6-7,10-11H2,1H3,(H,21,22,24). The van der Waals surface area contributed by atoms with Crippen molar-refractivity contribution in [3.63, 3.8) is 0 Å². The van der Waals surface area contributed by atoms with E-state index in [1.807, 2.05) is 0 Å². The van der Waals surface area contributed by atoms with Gasteiger partial charge in [0.15, 0.2) is 11.6 Å². The maximum atomic E-state index is 13.2. The van der Waals surface area contributed by atoms with Gasteiger partial charge in [0.2, 0.25) is 10.0 Å². The molecule has 2 aliphatic rings. The van der Waals surface area contributed by atoms with Crippen LogP contribution in [0, 0.1) is 0 Å². The van der Waals surface area contributed by atoms with Gasteiger partial charge in [-0.05, 0) is 56.0 Å². The van der Waals surface area contributed by atoms with Crippen LogP contribution < -0.4 is 10.1 Å². The zero-order valence-electron chi connectivity index (χ0n) is 15.7. The Balaban J connectivity index is 1.60.